The summed E-state index contributed by atoms with van der Waals surface area (Å²) in [5.74, 6) is -1.75. The molecule has 2 atom stereocenters. The standard InChI is InChI=1S/C45H47ClN6O9/c1-27-32(26-61-42-17-41(60-25-30-13-29(18-47)19-49-20-30)33(14-39(42)46)21-50-24-35(54)16-44(57)58)5-3-7-37(27)38-8-4-6-36(28(38)2)31-9-10-40(52-22-31)45(59)51-12-11-48-23-34(53)15-43(55)56/h3-10,13-14,17,19-20,22,34-35,48,50,53-54H,11-12,15-16,21,23-26H2,1-2H3,(H,51,59)(H,55,56)(H,57,58)/t34-,35-/m0/s1. The van der Waals surface area contributed by atoms with E-state index in [9.17, 15) is 29.9 Å². The Kier molecular flexibility index (Phi) is 16.7. The number of ether oxygens (including phenoxy) is 2. The molecule has 2 heterocycles. The number of carbonyl (C=O) groups excluding carboxylic acids is 1. The Balaban J connectivity index is 1.28. The quantitative estimate of drug-likeness (QED) is 0.0444. The van der Waals surface area contributed by atoms with Gasteiger partial charge in [0.25, 0.3) is 5.91 Å². The number of aliphatic carboxylic acids is 2. The third-order valence-electron chi connectivity index (χ3n) is 9.68. The Hall–Kier alpha value is -6.41. The lowest BCUT2D eigenvalue weighted by atomic mass is 9.90. The number of carboxylic acid groups (broad SMARTS) is 2. The smallest absolute Gasteiger partial charge is 0.306 e. The summed E-state index contributed by atoms with van der Waals surface area (Å²) in [6.45, 7) is 5.29. The minimum atomic E-state index is -1.11. The van der Waals surface area contributed by atoms with Crippen molar-refractivity contribution in [3.05, 3.63) is 129 Å². The van der Waals surface area contributed by atoms with Gasteiger partial charge >= 0.3 is 11.9 Å². The van der Waals surface area contributed by atoms with Crippen molar-refractivity contribution in [2.75, 3.05) is 26.2 Å². The zero-order chi connectivity index (χ0) is 43.9. The molecule has 0 aliphatic rings. The number of nitrogens with one attached hydrogen (secondary N) is 3. The van der Waals surface area contributed by atoms with Crippen LogP contribution in [-0.4, -0.2) is 86.6 Å². The van der Waals surface area contributed by atoms with E-state index < -0.39 is 30.6 Å². The predicted octanol–water partition coefficient (Wildman–Crippen LogP) is 5.19. The van der Waals surface area contributed by atoms with E-state index in [4.69, 9.17) is 31.3 Å². The van der Waals surface area contributed by atoms with Crippen LogP contribution in [0.2, 0.25) is 5.02 Å². The molecule has 16 heteroatoms. The highest BCUT2D eigenvalue weighted by Crippen LogP contribution is 2.37. The first-order chi connectivity index (χ1) is 29.3. The van der Waals surface area contributed by atoms with E-state index in [0.29, 0.717) is 39.8 Å². The molecule has 5 aromatic rings. The molecule has 61 heavy (non-hydrogen) atoms. The van der Waals surface area contributed by atoms with Crippen molar-refractivity contribution in [2.24, 2.45) is 0 Å². The van der Waals surface area contributed by atoms with E-state index >= 15 is 0 Å². The largest absolute Gasteiger partial charge is 0.488 e. The number of benzene rings is 3. The maximum Gasteiger partial charge on any atom is 0.306 e. The van der Waals surface area contributed by atoms with Crippen molar-refractivity contribution in [1.29, 1.82) is 5.26 Å². The van der Waals surface area contributed by atoms with Crippen molar-refractivity contribution in [3.8, 4) is 39.8 Å². The average Bonchev–Trinajstić information content (AvgIpc) is 3.23. The number of nitrogens with zero attached hydrogens (tertiary/aromatic N) is 3. The van der Waals surface area contributed by atoms with Gasteiger partial charge in [0.15, 0.2) is 0 Å². The molecule has 0 spiro atoms. The van der Waals surface area contributed by atoms with Crippen molar-refractivity contribution < 1.29 is 44.3 Å². The van der Waals surface area contributed by atoms with Crippen LogP contribution in [0.15, 0.2) is 85.3 Å². The average molecular weight is 851 g/mol. The molecule has 3 aromatic carbocycles. The van der Waals surface area contributed by atoms with Gasteiger partial charge in [-0.05, 0) is 65.4 Å². The fourth-order valence-electron chi connectivity index (χ4n) is 6.51. The molecule has 0 fully saturated rings. The van der Waals surface area contributed by atoms with E-state index in [0.717, 1.165) is 38.9 Å². The molecule has 0 aliphatic carbocycles. The number of carboxylic acids is 2. The first kappa shape index (κ1) is 45.7. The summed E-state index contributed by atoms with van der Waals surface area (Å²) < 4.78 is 12.5. The predicted molar refractivity (Wildman–Crippen MR) is 227 cm³/mol. The molecule has 0 radical (unpaired) electrons. The highest BCUT2D eigenvalue weighted by molar-refractivity contribution is 6.32. The van der Waals surface area contributed by atoms with Gasteiger partial charge in [-0.2, -0.15) is 5.26 Å². The number of nitriles is 1. The highest BCUT2D eigenvalue weighted by Gasteiger charge is 2.17. The molecule has 0 bridgehead atoms. The molecule has 1 amide bonds. The molecule has 0 aliphatic heterocycles. The Morgan fingerprint density at radius 2 is 1.44 bits per heavy atom. The zero-order valence-corrected chi connectivity index (χ0v) is 34.4. The Morgan fingerprint density at radius 1 is 0.770 bits per heavy atom. The Labute approximate surface area is 358 Å². The van der Waals surface area contributed by atoms with Crippen molar-refractivity contribution >= 4 is 29.4 Å². The van der Waals surface area contributed by atoms with Crippen LogP contribution < -0.4 is 25.4 Å². The molecule has 7 N–H and O–H groups in total. The SMILES string of the molecule is Cc1c(COc2cc(OCc3cncc(C#N)c3)c(CNC[C@@H](O)CC(=O)O)cc2Cl)cccc1-c1cccc(-c2ccc(C(=O)NCCNC[C@@H](O)CC(=O)O)nc2)c1C. The van der Waals surface area contributed by atoms with E-state index in [1.165, 1.54) is 6.20 Å². The van der Waals surface area contributed by atoms with Gasteiger partial charge in [0, 0.05) is 74.1 Å². The second-order valence-corrected chi connectivity index (χ2v) is 14.7. The first-order valence-corrected chi connectivity index (χ1v) is 19.8. The lowest BCUT2D eigenvalue weighted by Gasteiger charge is -2.18. The molecule has 15 nitrogen and oxygen atoms in total. The number of aliphatic hydroxyl groups excluding tert-OH is 2. The van der Waals surface area contributed by atoms with Gasteiger partial charge in [0.05, 0.1) is 35.6 Å². The van der Waals surface area contributed by atoms with Gasteiger partial charge in [-0.3, -0.25) is 24.4 Å². The Morgan fingerprint density at radius 3 is 2.13 bits per heavy atom. The van der Waals surface area contributed by atoms with E-state index in [2.05, 4.69) is 32.0 Å². The molecular formula is C45H47ClN6O9. The summed E-state index contributed by atoms with van der Waals surface area (Å²) in [6.07, 6.45) is 1.86. The second kappa shape index (κ2) is 22.3. The minimum absolute atomic E-state index is 0.0315. The lowest BCUT2D eigenvalue weighted by Crippen LogP contribution is -2.36. The molecule has 2 aromatic heterocycles. The molecular weight excluding hydrogens is 804 g/mol. The van der Waals surface area contributed by atoms with Crippen molar-refractivity contribution in [2.45, 2.75) is 58.7 Å². The third kappa shape index (κ3) is 13.3. The normalized spacial score (nSPS) is 11.9. The summed E-state index contributed by atoms with van der Waals surface area (Å²) in [7, 11) is 0. The Bertz CT molecular complexity index is 2370. The first-order valence-electron chi connectivity index (χ1n) is 19.4. The number of rotatable bonds is 22. The molecule has 0 unspecified atom stereocenters. The van der Waals surface area contributed by atoms with Gasteiger partial charge < -0.3 is 45.9 Å². The summed E-state index contributed by atoms with van der Waals surface area (Å²) in [6, 6.07) is 22.6. The molecule has 0 saturated heterocycles. The summed E-state index contributed by atoms with van der Waals surface area (Å²) in [5, 5.41) is 55.8. The van der Waals surface area contributed by atoms with Crippen molar-refractivity contribution in [3.63, 3.8) is 0 Å². The van der Waals surface area contributed by atoms with Gasteiger partial charge in [-0.15, -0.1) is 0 Å². The topological polar surface area (TPSA) is 236 Å². The van der Waals surface area contributed by atoms with Gasteiger partial charge in [-0.1, -0.05) is 54.1 Å². The number of hydrogen-bond donors (Lipinski definition) is 7. The number of carbonyl (C=O) groups is 3. The summed E-state index contributed by atoms with van der Waals surface area (Å²) >= 11 is 6.75. The number of aromatic nitrogens is 2. The van der Waals surface area contributed by atoms with Crippen LogP contribution in [0, 0.1) is 25.2 Å². The van der Waals surface area contributed by atoms with E-state index in [1.54, 1.807) is 36.7 Å². The van der Waals surface area contributed by atoms with E-state index in [-0.39, 0.29) is 57.4 Å². The number of amides is 1. The van der Waals surface area contributed by atoms with Crippen molar-refractivity contribution in [1.82, 2.24) is 25.9 Å². The molecule has 318 valence electrons. The van der Waals surface area contributed by atoms with Crippen LogP contribution in [0.1, 0.15) is 56.7 Å². The summed E-state index contributed by atoms with van der Waals surface area (Å²) in [5.41, 5.74) is 8.67. The van der Waals surface area contributed by atoms with Crippen LogP contribution in [0.5, 0.6) is 11.5 Å². The number of halogens is 1. The maximum absolute atomic E-state index is 12.7. The fraction of sp³-hybridized carbons (Fsp3) is 0.289. The zero-order valence-electron chi connectivity index (χ0n) is 33.7. The second-order valence-electron chi connectivity index (χ2n) is 14.3. The minimum Gasteiger partial charge on any atom is -0.488 e. The van der Waals surface area contributed by atoms with Crippen LogP contribution in [0.25, 0.3) is 22.3 Å². The number of hydrogen-bond acceptors (Lipinski definition) is 12. The van der Waals surface area contributed by atoms with Gasteiger partial charge in [-0.25, -0.2) is 0 Å². The van der Waals surface area contributed by atoms with Crippen LogP contribution in [-0.2, 0) is 29.3 Å². The lowest BCUT2D eigenvalue weighted by molar-refractivity contribution is -0.140. The molecule has 5 rings (SSSR count). The number of aliphatic hydroxyl groups is 2. The highest BCUT2D eigenvalue weighted by atomic mass is 35.5. The summed E-state index contributed by atoms with van der Waals surface area (Å²) in [4.78, 5) is 42.9. The van der Waals surface area contributed by atoms with E-state index in [1.807, 2.05) is 56.3 Å². The van der Waals surface area contributed by atoms with Crippen LogP contribution >= 0.6 is 11.6 Å². The van der Waals surface area contributed by atoms with Crippen LogP contribution in [0.3, 0.4) is 0 Å². The molecule has 0 saturated carbocycles. The fourth-order valence-corrected chi connectivity index (χ4v) is 6.75. The van der Waals surface area contributed by atoms with Gasteiger partial charge in [0.2, 0.25) is 0 Å². The van der Waals surface area contributed by atoms with Crippen LogP contribution in [0.4, 0.5) is 0 Å². The number of pyridine rings is 2. The van der Waals surface area contributed by atoms with Gasteiger partial charge in [0.1, 0.15) is 36.5 Å². The maximum atomic E-state index is 12.7. The monoisotopic (exact) mass is 850 g/mol. The third-order valence-corrected chi connectivity index (χ3v) is 9.97.